The number of anilines is 3. The van der Waals surface area contributed by atoms with Gasteiger partial charge in [0, 0.05) is 107 Å². The lowest BCUT2D eigenvalue weighted by atomic mass is 10.1. The van der Waals surface area contributed by atoms with Crippen molar-refractivity contribution >= 4 is 63.7 Å². The highest BCUT2D eigenvalue weighted by Gasteiger charge is 2.34. The zero-order valence-electron chi connectivity index (χ0n) is 31.8. The van der Waals surface area contributed by atoms with Gasteiger partial charge in [0.2, 0.25) is 11.8 Å². The SMILES string of the molecule is COc1cc(N2CCN(C(C)=O)CC2)ccc1Cc1ccc(C(F)(F)F)c(Cl)n1.COc1cc(N2CCN(C(C)=O)CC2)ccc1N.Cc1ccc(Cl)nc1Cl. The lowest BCUT2D eigenvalue weighted by Crippen LogP contribution is -2.48. The predicted molar refractivity (Wildman–Crippen MR) is 215 cm³/mol. The number of pyridine rings is 2. The van der Waals surface area contributed by atoms with E-state index in [2.05, 4.69) is 19.8 Å². The first-order chi connectivity index (χ1) is 26.5. The zero-order valence-corrected chi connectivity index (χ0v) is 34.1. The number of piperazine rings is 2. The number of benzene rings is 2. The normalized spacial score (nSPS) is 14.3. The molecule has 56 heavy (non-hydrogen) atoms. The fourth-order valence-electron chi connectivity index (χ4n) is 5.99. The van der Waals surface area contributed by atoms with E-state index in [0.29, 0.717) is 52.7 Å². The van der Waals surface area contributed by atoms with Crippen LogP contribution >= 0.6 is 34.8 Å². The molecule has 0 bridgehead atoms. The van der Waals surface area contributed by atoms with Gasteiger partial charge in [-0.15, -0.1) is 0 Å². The number of nitrogens with zero attached hydrogens (tertiary/aromatic N) is 6. The van der Waals surface area contributed by atoms with Crippen molar-refractivity contribution in [1.82, 2.24) is 19.8 Å². The Morgan fingerprint density at radius 1 is 0.714 bits per heavy atom. The van der Waals surface area contributed by atoms with Gasteiger partial charge in [0.05, 0.1) is 25.5 Å². The summed E-state index contributed by atoms with van der Waals surface area (Å²) in [7, 11) is 3.16. The molecule has 17 heteroatoms. The molecule has 0 spiro atoms. The van der Waals surface area contributed by atoms with Crippen LogP contribution in [0.15, 0.2) is 60.7 Å². The molecule has 2 N–H and O–H groups in total. The summed E-state index contributed by atoms with van der Waals surface area (Å²) in [5.41, 5.74) is 9.70. The third-order valence-corrected chi connectivity index (χ3v) is 10.1. The van der Waals surface area contributed by atoms with E-state index in [1.165, 1.54) is 6.07 Å². The number of carbonyl (C=O) groups excluding carboxylic acids is 2. The number of methoxy groups -OCH3 is 2. The van der Waals surface area contributed by atoms with Gasteiger partial charge in [-0.05, 0) is 48.9 Å². The van der Waals surface area contributed by atoms with Crippen LogP contribution in [0.1, 0.15) is 36.2 Å². The van der Waals surface area contributed by atoms with Gasteiger partial charge in [-0.3, -0.25) is 9.59 Å². The van der Waals surface area contributed by atoms with Crippen LogP contribution < -0.4 is 25.0 Å². The quantitative estimate of drug-likeness (QED) is 0.154. The van der Waals surface area contributed by atoms with Gasteiger partial charge in [-0.1, -0.05) is 46.9 Å². The van der Waals surface area contributed by atoms with Crippen LogP contribution in [0.4, 0.5) is 30.2 Å². The molecule has 2 aliphatic heterocycles. The second kappa shape index (κ2) is 20.0. The molecule has 4 aromatic rings. The van der Waals surface area contributed by atoms with Crippen molar-refractivity contribution in [2.75, 3.05) is 82.1 Å². The Balaban J connectivity index is 0.000000217. The minimum absolute atomic E-state index is 0.0697. The van der Waals surface area contributed by atoms with Crippen molar-refractivity contribution in [3.8, 4) is 11.5 Å². The van der Waals surface area contributed by atoms with Gasteiger partial charge in [0.1, 0.15) is 27.0 Å². The van der Waals surface area contributed by atoms with E-state index >= 15 is 0 Å². The molecule has 11 nitrogen and oxygen atoms in total. The van der Waals surface area contributed by atoms with Gasteiger partial charge in [-0.25, -0.2) is 9.97 Å². The minimum Gasteiger partial charge on any atom is -0.496 e. The van der Waals surface area contributed by atoms with E-state index in [1.807, 2.05) is 59.2 Å². The number of nitrogen functional groups attached to an aromatic ring is 1. The summed E-state index contributed by atoms with van der Waals surface area (Å²) in [6.45, 7) is 11.0. The van der Waals surface area contributed by atoms with Crippen molar-refractivity contribution in [2.24, 2.45) is 0 Å². The number of ether oxygens (including phenoxy) is 2. The molecule has 4 heterocycles. The average molecular weight is 839 g/mol. The van der Waals surface area contributed by atoms with E-state index in [4.69, 9.17) is 50.0 Å². The van der Waals surface area contributed by atoms with E-state index in [-0.39, 0.29) is 11.8 Å². The second-order valence-corrected chi connectivity index (χ2v) is 14.1. The molecule has 2 aromatic heterocycles. The third kappa shape index (κ3) is 12.2. The van der Waals surface area contributed by atoms with Crippen LogP contribution in [0.25, 0.3) is 0 Å². The molecule has 2 saturated heterocycles. The first-order valence-electron chi connectivity index (χ1n) is 17.6. The van der Waals surface area contributed by atoms with Crippen LogP contribution in [0.3, 0.4) is 0 Å². The fourth-order valence-corrected chi connectivity index (χ4v) is 6.61. The summed E-state index contributed by atoms with van der Waals surface area (Å²) in [5, 5.41) is 0.349. The lowest BCUT2D eigenvalue weighted by molar-refractivity contribution is -0.137. The first-order valence-corrected chi connectivity index (χ1v) is 18.8. The molecule has 0 radical (unpaired) electrons. The topological polar surface area (TPSA) is 117 Å². The summed E-state index contributed by atoms with van der Waals surface area (Å²) < 4.78 is 49.2. The highest BCUT2D eigenvalue weighted by atomic mass is 35.5. The third-order valence-electron chi connectivity index (χ3n) is 9.25. The molecule has 0 aliphatic carbocycles. The molecule has 0 saturated carbocycles. The Labute approximate surface area is 340 Å². The number of aryl methyl sites for hydroxylation is 1. The molecule has 0 unspecified atom stereocenters. The maximum atomic E-state index is 12.8. The number of aromatic nitrogens is 2. The Morgan fingerprint density at radius 2 is 1.23 bits per heavy atom. The van der Waals surface area contributed by atoms with Gasteiger partial charge in [-0.2, -0.15) is 13.2 Å². The van der Waals surface area contributed by atoms with Crippen molar-refractivity contribution in [2.45, 2.75) is 33.4 Å². The zero-order chi connectivity index (χ0) is 41.2. The van der Waals surface area contributed by atoms with E-state index < -0.39 is 16.9 Å². The molecule has 2 aliphatic rings. The number of alkyl halides is 3. The minimum atomic E-state index is -4.53. The Bertz CT molecular complexity index is 1970. The maximum absolute atomic E-state index is 12.8. The van der Waals surface area contributed by atoms with E-state index in [1.54, 1.807) is 34.1 Å². The Kier molecular flexibility index (Phi) is 15.7. The van der Waals surface area contributed by atoms with Crippen LogP contribution in [0.2, 0.25) is 15.5 Å². The fraction of sp³-hybridized carbons (Fsp3) is 0.385. The number of rotatable bonds is 6. The molecule has 0 atom stereocenters. The summed E-state index contributed by atoms with van der Waals surface area (Å²) in [5.74, 6) is 1.53. The first kappa shape index (κ1) is 44.1. The van der Waals surface area contributed by atoms with Crippen molar-refractivity contribution in [1.29, 1.82) is 0 Å². The van der Waals surface area contributed by atoms with E-state index in [0.717, 1.165) is 67.8 Å². The largest absolute Gasteiger partial charge is 0.496 e. The van der Waals surface area contributed by atoms with Gasteiger partial charge in [0.25, 0.3) is 0 Å². The number of hydrogen-bond donors (Lipinski definition) is 1. The number of carbonyl (C=O) groups is 2. The summed E-state index contributed by atoms with van der Waals surface area (Å²) in [6, 6.07) is 17.3. The number of hydrogen-bond acceptors (Lipinski definition) is 9. The average Bonchev–Trinajstić information content (AvgIpc) is 3.17. The predicted octanol–water partition coefficient (Wildman–Crippen LogP) is 7.66. The van der Waals surface area contributed by atoms with Gasteiger partial charge >= 0.3 is 6.18 Å². The molecule has 6 rings (SSSR count). The maximum Gasteiger partial charge on any atom is 0.419 e. The second-order valence-electron chi connectivity index (χ2n) is 13.0. The number of halogens is 6. The van der Waals surface area contributed by atoms with Gasteiger partial charge in [0.15, 0.2) is 0 Å². The molecule has 2 fully saturated rings. The summed E-state index contributed by atoms with van der Waals surface area (Å²) >= 11 is 16.9. The Hall–Kier alpha value is -4.66. The molecule has 2 aromatic carbocycles. The molecule has 302 valence electrons. The van der Waals surface area contributed by atoms with Gasteiger partial charge < -0.3 is 34.8 Å². The van der Waals surface area contributed by atoms with Crippen LogP contribution in [0, 0.1) is 6.92 Å². The standard InChI is InChI=1S/C20H21ClF3N3O2.C13H19N3O2.C6H5Cl2N/c1-13(28)26-7-9-27(10-8-26)16-5-3-14(18(12-16)29-2)11-15-4-6-17(19(21)25-15)20(22,23)24;1-10(17)15-5-7-16(8-6-15)11-3-4-12(14)13(9-11)18-2;1-4-2-3-5(7)9-6(4)8/h3-6,12H,7-11H2,1-2H3;3-4,9H,5-8,14H2,1-2H3;2-3H,1H3. The highest BCUT2D eigenvalue weighted by Crippen LogP contribution is 2.35. The molecule has 2 amide bonds. The lowest BCUT2D eigenvalue weighted by Gasteiger charge is -2.35. The Morgan fingerprint density at radius 3 is 1.68 bits per heavy atom. The number of amides is 2. The summed E-state index contributed by atoms with van der Waals surface area (Å²) in [6.07, 6.45) is -4.24. The summed E-state index contributed by atoms with van der Waals surface area (Å²) in [4.78, 5) is 38.5. The monoisotopic (exact) mass is 837 g/mol. The molecular weight excluding hydrogens is 794 g/mol. The van der Waals surface area contributed by atoms with Crippen LogP contribution in [-0.2, 0) is 22.2 Å². The van der Waals surface area contributed by atoms with Crippen molar-refractivity contribution in [3.05, 3.63) is 98.5 Å². The van der Waals surface area contributed by atoms with Crippen LogP contribution in [-0.4, -0.2) is 98.2 Å². The molecular formula is C39H45Cl3F3N7O4. The van der Waals surface area contributed by atoms with Crippen molar-refractivity contribution < 1.29 is 32.2 Å². The van der Waals surface area contributed by atoms with E-state index in [9.17, 15) is 22.8 Å². The highest BCUT2D eigenvalue weighted by molar-refractivity contribution is 6.32. The van der Waals surface area contributed by atoms with Crippen LogP contribution in [0.5, 0.6) is 11.5 Å². The smallest absolute Gasteiger partial charge is 0.419 e. The number of nitrogens with two attached hydrogens (primary N) is 1. The van der Waals surface area contributed by atoms with Crippen molar-refractivity contribution in [3.63, 3.8) is 0 Å².